The highest BCUT2D eigenvalue weighted by molar-refractivity contribution is 7.43. The van der Waals surface area contributed by atoms with E-state index in [2.05, 4.69) is 79.4 Å². The first-order valence-corrected chi connectivity index (χ1v) is 11.0. The number of likely N-dealkylation sites (N-methyl/N-ethyl adjacent to an activating group) is 4. The van der Waals surface area contributed by atoms with E-state index in [1.807, 2.05) is 6.92 Å². The van der Waals surface area contributed by atoms with Gasteiger partial charge in [-0.1, -0.05) is 13.3 Å². The molecule has 2 rings (SSSR count). The van der Waals surface area contributed by atoms with Gasteiger partial charge >= 0.3 is 0 Å². The van der Waals surface area contributed by atoms with Crippen LogP contribution in [0.2, 0.25) is 0 Å². The summed E-state index contributed by atoms with van der Waals surface area (Å²) in [5.41, 5.74) is 0. The zero-order chi connectivity index (χ0) is 21.4. The molecule has 160 valence electrons. The van der Waals surface area contributed by atoms with E-state index in [0.29, 0.717) is 18.5 Å². The quantitative estimate of drug-likeness (QED) is 0.382. The van der Waals surface area contributed by atoms with Crippen molar-refractivity contribution in [2.75, 3.05) is 47.9 Å². The van der Waals surface area contributed by atoms with Crippen molar-refractivity contribution >= 4 is 19.5 Å². The molecule has 0 aromatic rings. The van der Waals surface area contributed by atoms with Gasteiger partial charge < -0.3 is 18.9 Å². The van der Waals surface area contributed by atoms with Crippen LogP contribution in [0.3, 0.4) is 0 Å². The average Bonchev–Trinajstić information content (AvgIpc) is 2.92. The molecule has 0 saturated heterocycles. The summed E-state index contributed by atoms with van der Waals surface area (Å²) in [6.45, 7) is 13.0. The fourth-order valence-electron chi connectivity index (χ4n) is 2.80. The molecule has 0 fully saturated rings. The van der Waals surface area contributed by atoms with Gasteiger partial charge in [-0.25, -0.2) is 0 Å². The molecule has 2 unspecified atom stereocenters. The first kappa shape index (κ1) is 26.1. The minimum Gasteiger partial charge on any atom is -0.790 e. The Labute approximate surface area is 165 Å². The highest BCUT2D eigenvalue weighted by Crippen LogP contribution is 2.24. The van der Waals surface area contributed by atoms with Crippen molar-refractivity contribution in [2.24, 2.45) is 0 Å². The molecule has 0 aliphatic carbocycles. The van der Waals surface area contributed by atoms with Gasteiger partial charge in [-0.3, -0.25) is 19.0 Å². The van der Waals surface area contributed by atoms with Crippen molar-refractivity contribution in [2.45, 2.75) is 59.5 Å². The fourth-order valence-corrected chi connectivity index (χ4v) is 3.15. The van der Waals surface area contributed by atoms with Crippen LogP contribution in [0.15, 0.2) is 0 Å². The standard InChI is InChI=1S/2C7H15N2.C4H11O4P/c2*1-6-5-8(3)7(2)9(6)4;1-2-3-4-8-9(5,6)7/h2*6H,5H2,1-4H3;2-4H2,1H3,(H2,5,6,7)/q2*+1;/p-2. The molecule has 27 heavy (non-hydrogen) atoms. The molecule has 2 heterocycles. The van der Waals surface area contributed by atoms with Crippen LogP contribution in [-0.2, 0) is 9.09 Å². The lowest BCUT2D eigenvalue weighted by Gasteiger charge is -2.28. The second kappa shape index (κ2) is 11.8. The lowest BCUT2D eigenvalue weighted by Crippen LogP contribution is -2.21. The number of unbranched alkanes of at least 4 members (excludes halogenated alkanes) is 1. The summed E-state index contributed by atoms with van der Waals surface area (Å²) in [5.74, 6) is 2.75. The zero-order valence-electron chi connectivity index (χ0n) is 18.6. The first-order valence-electron chi connectivity index (χ1n) is 9.53. The molecule has 8 nitrogen and oxygen atoms in total. The lowest BCUT2D eigenvalue weighted by molar-refractivity contribution is -0.523. The van der Waals surface area contributed by atoms with Crippen LogP contribution in [0, 0.1) is 0 Å². The van der Waals surface area contributed by atoms with Crippen molar-refractivity contribution < 1.29 is 28.0 Å². The maximum atomic E-state index is 9.76. The smallest absolute Gasteiger partial charge is 0.243 e. The summed E-state index contributed by atoms with van der Waals surface area (Å²) in [6.07, 6.45) is 1.43. The molecule has 0 radical (unpaired) electrons. The summed E-state index contributed by atoms with van der Waals surface area (Å²) in [6, 6.07) is 1.38. The topological polar surface area (TPSA) is 84.9 Å². The van der Waals surface area contributed by atoms with E-state index < -0.39 is 7.82 Å². The predicted molar refractivity (Wildman–Crippen MR) is 106 cm³/mol. The van der Waals surface area contributed by atoms with Crippen molar-refractivity contribution in [3.8, 4) is 0 Å². The second-order valence-corrected chi connectivity index (χ2v) is 8.56. The van der Waals surface area contributed by atoms with Gasteiger partial charge in [-0.15, -0.1) is 0 Å². The third-order valence-corrected chi connectivity index (χ3v) is 5.77. The molecule has 0 spiro atoms. The summed E-state index contributed by atoms with van der Waals surface area (Å²) < 4.78 is 18.3. The van der Waals surface area contributed by atoms with Crippen molar-refractivity contribution in [3.63, 3.8) is 0 Å². The molecular formula is C18H39N4O4P. The van der Waals surface area contributed by atoms with E-state index in [-0.39, 0.29) is 6.61 Å². The molecule has 2 aliphatic heterocycles. The first-order chi connectivity index (χ1) is 12.3. The lowest BCUT2D eigenvalue weighted by atomic mass is 10.3. The fraction of sp³-hybridized carbons (Fsp3) is 0.889. The molecule has 0 bridgehead atoms. The van der Waals surface area contributed by atoms with Gasteiger partial charge in [0, 0.05) is 13.8 Å². The average molecular weight is 407 g/mol. The Bertz CT molecular complexity index is 506. The molecule has 2 aliphatic rings. The van der Waals surface area contributed by atoms with E-state index in [1.165, 1.54) is 24.8 Å². The van der Waals surface area contributed by atoms with Gasteiger partial charge in [0.15, 0.2) is 0 Å². The Balaban J connectivity index is 0.000000376. The molecular weight excluding hydrogens is 367 g/mol. The SMILES string of the molecule is CC1=[N+](C)C(C)CN1C.CC1=[N+](C)C(C)CN1C.CCCCOP(=O)([O-])[O-]. The summed E-state index contributed by atoms with van der Waals surface area (Å²) in [5, 5.41) is 0. The number of nitrogens with zero attached hydrogens (tertiary/aromatic N) is 4. The third-order valence-electron chi connectivity index (χ3n) is 5.27. The number of hydrogen-bond donors (Lipinski definition) is 0. The second-order valence-electron chi connectivity index (χ2n) is 7.41. The normalized spacial score (nSPS) is 22.6. The van der Waals surface area contributed by atoms with Crippen LogP contribution >= 0.6 is 7.82 Å². The number of hydrogen-bond acceptors (Lipinski definition) is 6. The van der Waals surface area contributed by atoms with E-state index in [4.69, 9.17) is 0 Å². The summed E-state index contributed by atoms with van der Waals surface area (Å²) in [7, 11) is 3.86. The minimum atomic E-state index is -4.70. The van der Waals surface area contributed by atoms with E-state index in [1.54, 1.807) is 0 Å². The van der Waals surface area contributed by atoms with Gasteiger partial charge in [0.25, 0.3) is 0 Å². The third kappa shape index (κ3) is 9.70. The number of phosphoric acid groups is 1. The highest BCUT2D eigenvalue weighted by Gasteiger charge is 2.27. The van der Waals surface area contributed by atoms with Crippen molar-refractivity contribution in [1.29, 1.82) is 0 Å². The van der Waals surface area contributed by atoms with Gasteiger partial charge in [0.2, 0.25) is 11.7 Å². The molecule has 0 amide bonds. The molecule has 0 N–H and O–H groups in total. The Hall–Kier alpha value is -0.950. The van der Waals surface area contributed by atoms with Crippen LogP contribution < -0.4 is 9.79 Å². The zero-order valence-corrected chi connectivity index (χ0v) is 19.5. The van der Waals surface area contributed by atoms with E-state index in [9.17, 15) is 14.4 Å². The predicted octanol–water partition coefficient (Wildman–Crippen LogP) is 0.394. The summed E-state index contributed by atoms with van der Waals surface area (Å²) in [4.78, 5) is 24.1. The monoisotopic (exact) mass is 406 g/mol. The molecule has 9 heteroatoms. The maximum absolute atomic E-state index is 9.76. The molecule has 0 aromatic heterocycles. The number of amidine groups is 2. The molecule has 2 atom stereocenters. The van der Waals surface area contributed by atoms with Crippen LogP contribution in [0.5, 0.6) is 0 Å². The molecule has 0 aromatic carbocycles. The Morgan fingerprint density at radius 1 is 1.04 bits per heavy atom. The van der Waals surface area contributed by atoms with Gasteiger partial charge in [0.1, 0.15) is 25.2 Å². The minimum absolute atomic E-state index is 0.0147. The van der Waals surface area contributed by atoms with Crippen LogP contribution in [0.1, 0.15) is 47.5 Å². The van der Waals surface area contributed by atoms with Crippen molar-refractivity contribution in [1.82, 2.24) is 9.80 Å². The van der Waals surface area contributed by atoms with E-state index in [0.717, 1.165) is 6.42 Å². The van der Waals surface area contributed by atoms with Crippen LogP contribution in [0.25, 0.3) is 0 Å². The summed E-state index contributed by atoms with van der Waals surface area (Å²) >= 11 is 0. The van der Waals surface area contributed by atoms with Crippen molar-refractivity contribution in [3.05, 3.63) is 0 Å². The molecule has 0 saturated carbocycles. The van der Waals surface area contributed by atoms with Gasteiger partial charge in [0.05, 0.1) is 42.6 Å². The van der Waals surface area contributed by atoms with E-state index >= 15 is 0 Å². The number of rotatable bonds is 4. The van der Waals surface area contributed by atoms with Crippen LogP contribution in [0.4, 0.5) is 0 Å². The maximum Gasteiger partial charge on any atom is 0.243 e. The van der Waals surface area contributed by atoms with Gasteiger partial charge in [-0.05, 0) is 20.3 Å². The van der Waals surface area contributed by atoms with Crippen LogP contribution in [-0.4, -0.2) is 90.6 Å². The highest BCUT2D eigenvalue weighted by atomic mass is 31.2. The Morgan fingerprint density at radius 3 is 1.56 bits per heavy atom. The Morgan fingerprint density at radius 2 is 1.41 bits per heavy atom. The number of phosphoric ester groups is 1. The van der Waals surface area contributed by atoms with Gasteiger partial charge in [-0.2, -0.15) is 0 Å². The largest absolute Gasteiger partial charge is 0.790 e. The Kier molecular flexibility index (Phi) is 11.4.